The molecule has 2 heterocycles. The van der Waals surface area contributed by atoms with Crippen LogP contribution in [0.4, 0.5) is 0 Å². The van der Waals surface area contributed by atoms with E-state index in [1.54, 1.807) is 5.57 Å². The molecule has 0 saturated carbocycles. The van der Waals surface area contributed by atoms with Crippen molar-refractivity contribution in [1.29, 1.82) is 0 Å². The van der Waals surface area contributed by atoms with Crippen LogP contribution in [0.2, 0.25) is 0 Å². The molecule has 52 heavy (non-hydrogen) atoms. The second-order valence-electron chi connectivity index (χ2n) is 14.0. The highest BCUT2D eigenvalue weighted by Crippen LogP contribution is 2.42. The number of rotatable bonds is 9. The van der Waals surface area contributed by atoms with E-state index in [0.29, 0.717) is 0 Å². The van der Waals surface area contributed by atoms with Gasteiger partial charge in [0.05, 0.1) is 22.4 Å². The zero-order chi connectivity index (χ0) is 35.3. The highest BCUT2D eigenvalue weighted by atomic mass is 15.0. The molecule has 0 bridgehead atoms. The summed E-state index contributed by atoms with van der Waals surface area (Å²) >= 11 is 0. The predicted molar refractivity (Wildman–Crippen MR) is 223 cm³/mol. The van der Waals surface area contributed by atoms with Crippen molar-refractivity contribution in [2.45, 2.75) is 39.0 Å². The molecule has 0 fully saturated rings. The Labute approximate surface area is 306 Å². The van der Waals surface area contributed by atoms with E-state index >= 15 is 0 Å². The van der Waals surface area contributed by atoms with E-state index in [1.165, 1.54) is 49.7 Å². The van der Waals surface area contributed by atoms with Gasteiger partial charge < -0.3 is 9.13 Å². The zero-order valence-electron chi connectivity index (χ0n) is 29.7. The molecule has 2 aromatic heterocycles. The molecule has 0 N–H and O–H groups in total. The molecule has 9 rings (SSSR count). The molecule has 4 aromatic carbocycles. The lowest BCUT2D eigenvalue weighted by Crippen LogP contribution is -2.03. The fourth-order valence-corrected chi connectivity index (χ4v) is 8.55. The van der Waals surface area contributed by atoms with Gasteiger partial charge in [0.2, 0.25) is 0 Å². The number of nitrogens with zero attached hydrogens (tertiary/aromatic N) is 2. The molecule has 3 aliphatic carbocycles. The average molecular weight is 669 g/mol. The lowest BCUT2D eigenvalue weighted by molar-refractivity contribution is 0.935. The molecular weight excluding hydrogens is 629 g/mol. The van der Waals surface area contributed by atoms with Crippen LogP contribution in [0.1, 0.15) is 64.5 Å². The van der Waals surface area contributed by atoms with Gasteiger partial charge in [-0.2, -0.15) is 0 Å². The van der Waals surface area contributed by atoms with Crippen LogP contribution < -0.4 is 0 Å². The minimum Gasteiger partial charge on any atom is -0.309 e. The summed E-state index contributed by atoms with van der Waals surface area (Å²) in [6, 6.07) is 27.7. The molecule has 0 radical (unpaired) electrons. The Kier molecular flexibility index (Phi) is 7.79. The Bertz CT molecular complexity index is 2730. The van der Waals surface area contributed by atoms with E-state index in [1.807, 2.05) is 18.2 Å². The molecular formula is C50H40N2. The molecule has 2 nitrogen and oxygen atoms in total. The molecule has 0 aliphatic heterocycles. The fraction of sp³-hybridized carbons (Fsp3) is 0.120. The van der Waals surface area contributed by atoms with Crippen LogP contribution in [0.5, 0.6) is 0 Å². The summed E-state index contributed by atoms with van der Waals surface area (Å²) in [7, 11) is 0. The molecule has 0 atom stereocenters. The van der Waals surface area contributed by atoms with Gasteiger partial charge >= 0.3 is 0 Å². The summed E-state index contributed by atoms with van der Waals surface area (Å²) in [6.45, 7) is 14.4. The standard InChI is InChI=1S/C50H40N2/c1-5-13-33-20-24-49-45(26-33)41(8-4)47(15-7-3)51(49)39-29-38(35-22-23-37-28-36-16-9-10-17-42(36)44(37)31-35)30-40(32-39)52-48-19-12-11-18-43(48)46-27-34(14-6-2)21-25-50(46)52/h5-8,10,15,17-27,29-32H,1-2,4,9,13-14,16,28H2,3H3/b15-7-. The van der Waals surface area contributed by atoms with Gasteiger partial charge in [0.25, 0.3) is 0 Å². The number of hydrogen-bond donors (Lipinski definition) is 0. The Hall–Kier alpha value is -6.30. The minimum absolute atomic E-state index is 0.818. The van der Waals surface area contributed by atoms with Crippen LogP contribution >= 0.6 is 0 Å². The van der Waals surface area contributed by atoms with Gasteiger partial charge in [0.15, 0.2) is 0 Å². The second-order valence-corrected chi connectivity index (χ2v) is 14.0. The van der Waals surface area contributed by atoms with Crippen LogP contribution in [0.25, 0.3) is 74.2 Å². The summed E-state index contributed by atoms with van der Waals surface area (Å²) < 4.78 is 4.81. The van der Waals surface area contributed by atoms with Gasteiger partial charge in [-0.3, -0.25) is 0 Å². The lowest BCUT2D eigenvalue weighted by atomic mass is 9.95. The number of hydrogen-bond acceptors (Lipinski definition) is 0. The molecule has 0 unspecified atom stereocenters. The van der Waals surface area contributed by atoms with Gasteiger partial charge in [0, 0.05) is 39.4 Å². The molecule has 0 amide bonds. The van der Waals surface area contributed by atoms with Crippen molar-refractivity contribution in [2.24, 2.45) is 0 Å². The van der Waals surface area contributed by atoms with Crippen molar-refractivity contribution < 1.29 is 0 Å². The highest BCUT2D eigenvalue weighted by molar-refractivity contribution is 5.98. The lowest BCUT2D eigenvalue weighted by Gasteiger charge is -2.18. The van der Waals surface area contributed by atoms with E-state index < -0.39 is 0 Å². The Morgan fingerprint density at radius 1 is 0.750 bits per heavy atom. The molecule has 6 aromatic rings. The summed E-state index contributed by atoms with van der Waals surface area (Å²) in [4.78, 5) is 0. The monoisotopic (exact) mass is 668 g/mol. The summed E-state index contributed by atoms with van der Waals surface area (Å²) in [5, 5.41) is 2.39. The van der Waals surface area contributed by atoms with Crippen molar-refractivity contribution in [3.63, 3.8) is 0 Å². The van der Waals surface area contributed by atoms with Crippen molar-refractivity contribution in [2.75, 3.05) is 0 Å². The Morgan fingerprint density at radius 3 is 2.23 bits per heavy atom. The molecule has 0 saturated heterocycles. The fourth-order valence-electron chi connectivity index (χ4n) is 8.55. The first-order valence-corrected chi connectivity index (χ1v) is 18.3. The minimum atomic E-state index is 0.818. The highest BCUT2D eigenvalue weighted by Gasteiger charge is 2.24. The average Bonchev–Trinajstić information content (AvgIpc) is 3.81. The molecule has 0 spiro atoms. The number of fused-ring (bicyclic) bond motifs is 6. The largest absolute Gasteiger partial charge is 0.309 e. The van der Waals surface area contributed by atoms with Crippen molar-refractivity contribution in [3.05, 3.63) is 185 Å². The van der Waals surface area contributed by atoms with Gasteiger partial charge in [-0.25, -0.2) is 0 Å². The topological polar surface area (TPSA) is 9.86 Å². The van der Waals surface area contributed by atoms with Crippen molar-refractivity contribution in [1.82, 2.24) is 9.13 Å². The van der Waals surface area contributed by atoms with Gasteiger partial charge in [-0.15, -0.1) is 13.2 Å². The maximum absolute atomic E-state index is 4.29. The predicted octanol–water partition coefficient (Wildman–Crippen LogP) is 12.8. The summed E-state index contributed by atoms with van der Waals surface area (Å²) in [5.41, 5.74) is 26.2. The first-order chi connectivity index (χ1) is 25.6. The molecule has 3 aliphatic rings. The van der Waals surface area contributed by atoms with Crippen LogP contribution in [-0.4, -0.2) is 9.13 Å². The number of allylic oxidation sites excluding steroid dienone is 7. The third kappa shape index (κ3) is 5.04. The van der Waals surface area contributed by atoms with Gasteiger partial charge in [-0.05, 0) is 139 Å². The van der Waals surface area contributed by atoms with Crippen LogP contribution in [0, 0.1) is 0 Å². The van der Waals surface area contributed by atoms with E-state index in [-0.39, 0.29) is 0 Å². The summed E-state index contributed by atoms with van der Waals surface area (Å²) in [6.07, 6.45) is 24.1. The molecule has 2 heteroatoms. The number of aromatic nitrogens is 2. The van der Waals surface area contributed by atoms with Crippen LogP contribution in [0.15, 0.2) is 140 Å². The van der Waals surface area contributed by atoms with Crippen molar-refractivity contribution in [3.8, 4) is 22.5 Å². The SMILES string of the molecule is C=CCc1ccc2c(c1)c1c(n2-c2cc(-c3ccc4c(c3)C3=C(CCC=C3)C4)cc(-n3c(/C=C\C)c(C=C)c4cc(CC=C)ccc43)c2)C=C=C=C1. The Morgan fingerprint density at radius 2 is 1.48 bits per heavy atom. The summed E-state index contributed by atoms with van der Waals surface area (Å²) in [5.74, 6) is 0. The maximum Gasteiger partial charge on any atom is 0.0631 e. The first-order valence-electron chi connectivity index (χ1n) is 18.3. The Balaban J connectivity index is 1.34. The van der Waals surface area contributed by atoms with E-state index in [9.17, 15) is 0 Å². The van der Waals surface area contributed by atoms with Crippen LogP contribution in [0.3, 0.4) is 0 Å². The second kappa shape index (κ2) is 12.8. The van der Waals surface area contributed by atoms with Gasteiger partial charge in [-0.1, -0.05) is 84.3 Å². The van der Waals surface area contributed by atoms with E-state index in [0.717, 1.165) is 77.0 Å². The number of benzene rings is 4. The zero-order valence-corrected chi connectivity index (χ0v) is 29.7. The van der Waals surface area contributed by atoms with E-state index in [2.05, 4.69) is 157 Å². The maximum atomic E-state index is 4.29. The smallest absolute Gasteiger partial charge is 0.0631 e. The third-order valence-electron chi connectivity index (χ3n) is 10.8. The van der Waals surface area contributed by atoms with Crippen molar-refractivity contribution >= 4 is 51.7 Å². The quantitative estimate of drug-likeness (QED) is 0.107. The van der Waals surface area contributed by atoms with Gasteiger partial charge in [0.1, 0.15) is 0 Å². The van der Waals surface area contributed by atoms with Crippen LogP contribution in [-0.2, 0) is 19.3 Å². The third-order valence-corrected chi connectivity index (χ3v) is 10.8. The molecule has 250 valence electrons. The van der Waals surface area contributed by atoms with E-state index in [4.69, 9.17) is 0 Å². The first kappa shape index (κ1) is 31.7. The normalized spacial score (nSPS) is 14.1.